The fraction of sp³-hybridized carbons (Fsp3) is 0.222. The monoisotopic (exact) mass is 348 g/mol. The first-order valence-electron chi connectivity index (χ1n) is 7.72. The third kappa shape index (κ3) is 4.84. The number of nitrogens with one attached hydrogen (secondary N) is 2. The van der Waals surface area contributed by atoms with Gasteiger partial charge in [0.1, 0.15) is 11.6 Å². The summed E-state index contributed by atoms with van der Waals surface area (Å²) in [7, 11) is 0. The van der Waals surface area contributed by atoms with Gasteiger partial charge in [0.05, 0.1) is 12.6 Å². The Kier molecular flexibility index (Phi) is 6.19. The number of hydrogen-bond acceptors (Lipinski definition) is 3. The molecule has 25 heavy (non-hydrogen) atoms. The lowest BCUT2D eigenvalue weighted by Gasteiger charge is -2.15. The van der Waals surface area contributed by atoms with Crippen molar-refractivity contribution in [1.29, 1.82) is 0 Å². The Hall–Kier alpha value is -2.80. The molecule has 0 spiro atoms. The molecular weight excluding hydrogens is 330 g/mol. The summed E-state index contributed by atoms with van der Waals surface area (Å²) in [6.45, 7) is 1.47. The summed E-state index contributed by atoms with van der Waals surface area (Å²) in [5, 5.41) is 13.9. The van der Waals surface area contributed by atoms with Crippen LogP contribution in [0.1, 0.15) is 13.3 Å². The van der Waals surface area contributed by atoms with E-state index in [1.807, 2.05) is 0 Å². The van der Waals surface area contributed by atoms with E-state index in [0.29, 0.717) is 17.5 Å². The van der Waals surface area contributed by atoms with Crippen LogP contribution in [0.5, 0.6) is 0 Å². The molecule has 2 aromatic rings. The van der Waals surface area contributed by atoms with Crippen LogP contribution in [0.4, 0.5) is 14.5 Å². The van der Waals surface area contributed by atoms with Crippen molar-refractivity contribution in [2.24, 2.45) is 0 Å². The van der Waals surface area contributed by atoms with Crippen LogP contribution in [0.2, 0.25) is 0 Å². The van der Waals surface area contributed by atoms with Gasteiger partial charge in [-0.3, -0.25) is 9.59 Å². The number of hydrogen-bond donors (Lipinski definition) is 3. The van der Waals surface area contributed by atoms with Crippen LogP contribution in [-0.2, 0) is 9.59 Å². The second-order valence-electron chi connectivity index (χ2n) is 5.41. The first-order valence-corrected chi connectivity index (χ1v) is 7.72. The molecular formula is C18H18F2N2O3. The third-order valence-corrected chi connectivity index (χ3v) is 3.64. The molecule has 0 radical (unpaired) electrons. The van der Waals surface area contributed by atoms with Gasteiger partial charge < -0.3 is 15.7 Å². The highest BCUT2D eigenvalue weighted by Crippen LogP contribution is 2.29. The third-order valence-electron chi connectivity index (χ3n) is 3.64. The summed E-state index contributed by atoms with van der Waals surface area (Å²) < 4.78 is 26.6. The lowest BCUT2D eigenvalue weighted by Crippen LogP contribution is -2.43. The zero-order valence-corrected chi connectivity index (χ0v) is 13.6. The lowest BCUT2D eigenvalue weighted by atomic mass is 10.0. The van der Waals surface area contributed by atoms with Gasteiger partial charge in [0.2, 0.25) is 0 Å². The molecule has 5 nitrogen and oxygen atoms in total. The maximum absolute atomic E-state index is 13.6. The SMILES string of the molecule is CCC(CO)NC(=O)C(=O)Nc1ccc(F)cc1-c1ccc(F)cc1. The molecule has 0 heterocycles. The van der Waals surface area contributed by atoms with E-state index in [0.717, 1.165) is 6.07 Å². The van der Waals surface area contributed by atoms with Crippen LogP contribution in [0.25, 0.3) is 11.1 Å². The van der Waals surface area contributed by atoms with Gasteiger partial charge in [-0.25, -0.2) is 8.78 Å². The van der Waals surface area contributed by atoms with Crippen molar-refractivity contribution in [2.75, 3.05) is 11.9 Å². The first kappa shape index (κ1) is 18.5. The Labute approximate surface area is 143 Å². The molecule has 7 heteroatoms. The molecule has 3 N–H and O–H groups in total. The molecule has 1 atom stereocenters. The second kappa shape index (κ2) is 8.34. The van der Waals surface area contributed by atoms with E-state index in [-0.39, 0.29) is 12.3 Å². The van der Waals surface area contributed by atoms with Gasteiger partial charge in [-0.1, -0.05) is 19.1 Å². The quantitative estimate of drug-likeness (QED) is 0.727. The zero-order chi connectivity index (χ0) is 18.4. The van der Waals surface area contributed by atoms with Crippen LogP contribution in [-0.4, -0.2) is 29.6 Å². The Morgan fingerprint density at radius 1 is 1.04 bits per heavy atom. The molecule has 0 saturated carbocycles. The molecule has 132 valence electrons. The van der Waals surface area contributed by atoms with Gasteiger partial charge in [0, 0.05) is 11.3 Å². The van der Waals surface area contributed by atoms with Crippen molar-refractivity contribution in [3.05, 3.63) is 54.1 Å². The van der Waals surface area contributed by atoms with E-state index in [4.69, 9.17) is 5.11 Å². The summed E-state index contributed by atoms with van der Waals surface area (Å²) in [5.74, 6) is -2.83. The van der Waals surface area contributed by atoms with E-state index < -0.39 is 29.5 Å². The molecule has 0 saturated heterocycles. The van der Waals surface area contributed by atoms with Gasteiger partial charge in [-0.15, -0.1) is 0 Å². The van der Waals surface area contributed by atoms with Gasteiger partial charge in [0.25, 0.3) is 0 Å². The molecule has 2 aromatic carbocycles. The predicted molar refractivity (Wildman–Crippen MR) is 89.7 cm³/mol. The van der Waals surface area contributed by atoms with Gasteiger partial charge >= 0.3 is 11.8 Å². The standard InChI is InChI=1S/C18H18F2N2O3/c1-2-14(10-23)21-17(24)18(25)22-16-8-7-13(20)9-15(16)11-3-5-12(19)6-4-11/h3-9,14,23H,2,10H2,1H3,(H,21,24)(H,22,25). The van der Waals surface area contributed by atoms with Gasteiger partial charge in [-0.2, -0.15) is 0 Å². The van der Waals surface area contributed by atoms with Crippen LogP contribution in [0, 0.1) is 11.6 Å². The largest absolute Gasteiger partial charge is 0.394 e. The molecule has 2 amide bonds. The van der Waals surface area contributed by atoms with Crippen molar-refractivity contribution in [3.8, 4) is 11.1 Å². The van der Waals surface area contributed by atoms with Crippen molar-refractivity contribution in [2.45, 2.75) is 19.4 Å². The number of carbonyl (C=O) groups is 2. The summed E-state index contributed by atoms with van der Waals surface area (Å²) in [6.07, 6.45) is 0.465. The Morgan fingerprint density at radius 3 is 2.28 bits per heavy atom. The highest BCUT2D eigenvalue weighted by atomic mass is 19.1. The molecule has 1 unspecified atom stereocenters. The molecule has 2 rings (SSSR count). The number of rotatable bonds is 5. The zero-order valence-electron chi connectivity index (χ0n) is 13.6. The minimum absolute atomic E-state index is 0.213. The molecule has 0 bridgehead atoms. The van der Waals surface area contributed by atoms with Gasteiger partial charge in [-0.05, 0) is 42.3 Å². The van der Waals surface area contributed by atoms with Crippen LogP contribution in [0.15, 0.2) is 42.5 Å². The fourth-order valence-corrected chi connectivity index (χ4v) is 2.20. The number of aliphatic hydroxyl groups excluding tert-OH is 1. The maximum atomic E-state index is 13.6. The van der Waals surface area contributed by atoms with Crippen molar-refractivity contribution in [1.82, 2.24) is 5.32 Å². The minimum Gasteiger partial charge on any atom is -0.394 e. The summed E-state index contributed by atoms with van der Waals surface area (Å²) in [6, 6.07) is 8.44. The molecule has 0 aliphatic carbocycles. The molecule has 0 aromatic heterocycles. The Morgan fingerprint density at radius 2 is 1.68 bits per heavy atom. The molecule has 0 fully saturated rings. The van der Waals surface area contributed by atoms with Crippen molar-refractivity contribution >= 4 is 17.5 Å². The fourth-order valence-electron chi connectivity index (χ4n) is 2.20. The van der Waals surface area contributed by atoms with Crippen molar-refractivity contribution in [3.63, 3.8) is 0 Å². The Balaban J connectivity index is 2.23. The van der Waals surface area contributed by atoms with E-state index in [9.17, 15) is 18.4 Å². The Bertz CT molecular complexity index is 759. The second-order valence-corrected chi connectivity index (χ2v) is 5.41. The van der Waals surface area contributed by atoms with E-state index >= 15 is 0 Å². The number of benzene rings is 2. The highest BCUT2D eigenvalue weighted by molar-refractivity contribution is 6.40. The summed E-state index contributed by atoms with van der Waals surface area (Å²) in [5.41, 5.74) is 1.01. The smallest absolute Gasteiger partial charge is 0.313 e. The van der Waals surface area contributed by atoms with E-state index in [1.165, 1.54) is 36.4 Å². The number of carbonyl (C=O) groups excluding carboxylic acids is 2. The number of halogens is 2. The van der Waals surface area contributed by atoms with Gasteiger partial charge in [0.15, 0.2) is 0 Å². The molecule has 0 aliphatic heterocycles. The number of aliphatic hydroxyl groups is 1. The minimum atomic E-state index is -0.943. The maximum Gasteiger partial charge on any atom is 0.313 e. The molecule has 0 aliphatic rings. The summed E-state index contributed by atoms with van der Waals surface area (Å²) in [4.78, 5) is 23.9. The van der Waals surface area contributed by atoms with E-state index in [2.05, 4.69) is 10.6 Å². The average Bonchev–Trinajstić information content (AvgIpc) is 2.61. The first-order chi connectivity index (χ1) is 11.9. The number of amides is 2. The summed E-state index contributed by atoms with van der Waals surface area (Å²) >= 11 is 0. The average molecular weight is 348 g/mol. The number of anilines is 1. The highest BCUT2D eigenvalue weighted by Gasteiger charge is 2.19. The topological polar surface area (TPSA) is 78.4 Å². The predicted octanol–water partition coefficient (Wildman–Crippen LogP) is 2.46. The van der Waals surface area contributed by atoms with Crippen LogP contribution >= 0.6 is 0 Å². The van der Waals surface area contributed by atoms with Crippen LogP contribution in [0.3, 0.4) is 0 Å². The lowest BCUT2D eigenvalue weighted by molar-refractivity contribution is -0.136. The van der Waals surface area contributed by atoms with E-state index in [1.54, 1.807) is 6.92 Å². The van der Waals surface area contributed by atoms with Crippen molar-refractivity contribution < 1.29 is 23.5 Å². The van der Waals surface area contributed by atoms with Crippen LogP contribution < -0.4 is 10.6 Å². The normalized spacial score (nSPS) is 11.7.